The van der Waals surface area contributed by atoms with E-state index in [0.29, 0.717) is 0 Å². The number of carbonyl (C=O) groups is 2. The number of rotatable bonds is 5. The highest BCUT2D eigenvalue weighted by atomic mass is 16.6. The van der Waals surface area contributed by atoms with Crippen LogP contribution < -0.4 is 5.32 Å². The molecule has 0 unspecified atom stereocenters. The lowest BCUT2D eigenvalue weighted by Crippen LogP contribution is -2.33. The van der Waals surface area contributed by atoms with Gasteiger partial charge in [-0.2, -0.15) is 0 Å². The number of hydrogen-bond acceptors (Lipinski definition) is 4. The number of anilines is 1. The number of benzene rings is 1. The summed E-state index contributed by atoms with van der Waals surface area (Å²) in [6.07, 6.45) is 0.131. The molecule has 0 aromatic heterocycles. The summed E-state index contributed by atoms with van der Waals surface area (Å²) in [7, 11) is 3.54. The summed E-state index contributed by atoms with van der Waals surface area (Å²) in [6.45, 7) is 6.98. The number of ether oxygens (including phenoxy) is 1. The summed E-state index contributed by atoms with van der Waals surface area (Å²) in [5, 5.41) is 3.04. The lowest BCUT2D eigenvalue weighted by atomic mass is 10.0. The molecule has 122 valence electrons. The second-order valence-electron chi connectivity index (χ2n) is 6.31. The quantitative estimate of drug-likeness (QED) is 0.850. The molecule has 1 aromatic rings. The molecule has 1 N–H and O–H groups in total. The van der Waals surface area contributed by atoms with Crippen molar-refractivity contribution in [3.05, 3.63) is 29.8 Å². The summed E-state index contributed by atoms with van der Waals surface area (Å²) < 4.78 is 5.38. The van der Waals surface area contributed by atoms with E-state index < -0.39 is 5.60 Å². The molecule has 0 fully saturated rings. The molecule has 1 atom stereocenters. The topological polar surface area (TPSA) is 58.6 Å². The van der Waals surface area contributed by atoms with Crippen LogP contribution in [0.2, 0.25) is 0 Å². The Morgan fingerprint density at radius 2 is 1.77 bits per heavy atom. The van der Waals surface area contributed by atoms with Crippen molar-refractivity contribution in [2.75, 3.05) is 19.4 Å². The van der Waals surface area contributed by atoms with E-state index in [1.165, 1.54) is 6.92 Å². The van der Waals surface area contributed by atoms with E-state index in [1.807, 2.05) is 52.1 Å². The van der Waals surface area contributed by atoms with Crippen molar-refractivity contribution >= 4 is 17.6 Å². The van der Waals surface area contributed by atoms with Crippen molar-refractivity contribution in [2.24, 2.45) is 0 Å². The molecule has 0 saturated heterocycles. The van der Waals surface area contributed by atoms with Crippen LogP contribution in [0.4, 0.5) is 5.69 Å². The first kappa shape index (κ1) is 18.0. The van der Waals surface area contributed by atoms with Crippen LogP contribution in [-0.2, 0) is 14.3 Å². The molecule has 0 heterocycles. The van der Waals surface area contributed by atoms with Crippen molar-refractivity contribution in [1.29, 1.82) is 0 Å². The summed E-state index contributed by atoms with van der Waals surface area (Å²) in [4.78, 5) is 25.4. The van der Waals surface area contributed by atoms with Gasteiger partial charge < -0.3 is 15.0 Å². The van der Waals surface area contributed by atoms with Crippen LogP contribution in [0.3, 0.4) is 0 Å². The fourth-order valence-electron chi connectivity index (χ4n) is 2.11. The van der Waals surface area contributed by atoms with Gasteiger partial charge in [0.05, 0.1) is 12.5 Å². The van der Waals surface area contributed by atoms with Crippen LogP contribution in [0, 0.1) is 0 Å². The van der Waals surface area contributed by atoms with Crippen molar-refractivity contribution < 1.29 is 14.3 Å². The number of hydrogen-bond donors (Lipinski definition) is 1. The van der Waals surface area contributed by atoms with Crippen molar-refractivity contribution in [1.82, 2.24) is 4.90 Å². The molecule has 0 aliphatic carbocycles. The molecule has 1 amide bonds. The first-order valence-electron chi connectivity index (χ1n) is 7.37. The number of amides is 1. The second kappa shape index (κ2) is 7.29. The highest BCUT2D eigenvalue weighted by Crippen LogP contribution is 2.26. The Morgan fingerprint density at radius 3 is 2.18 bits per heavy atom. The Kier molecular flexibility index (Phi) is 5.97. The van der Waals surface area contributed by atoms with Crippen LogP contribution in [0.15, 0.2) is 24.3 Å². The third kappa shape index (κ3) is 5.39. The molecular weight excluding hydrogens is 280 g/mol. The van der Waals surface area contributed by atoms with Crippen molar-refractivity contribution in [3.8, 4) is 0 Å². The van der Waals surface area contributed by atoms with Gasteiger partial charge in [-0.3, -0.25) is 9.59 Å². The lowest BCUT2D eigenvalue weighted by molar-refractivity contribution is -0.156. The minimum Gasteiger partial charge on any atom is -0.460 e. The maximum Gasteiger partial charge on any atom is 0.308 e. The van der Waals surface area contributed by atoms with Gasteiger partial charge in [0, 0.05) is 26.7 Å². The van der Waals surface area contributed by atoms with Gasteiger partial charge in [0.25, 0.3) is 0 Å². The zero-order chi connectivity index (χ0) is 16.9. The Balaban J connectivity index is 2.97. The molecule has 5 nitrogen and oxygen atoms in total. The van der Waals surface area contributed by atoms with Gasteiger partial charge in [0.15, 0.2) is 0 Å². The molecule has 0 saturated carbocycles. The highest BCUT2D eigenvalue weighted by molar-refractivity contribution is 5.76. The third-order valence-corrected chi connectivity index (χ3v) is 3.33. The molecule has 0 aliphatic heterocycles. The van der Waals surface area contributed by atoms with Gasteiger partial charge >= 0.3 is 5.97 Å². The van der Waals surface area contributed by atoms with Crippen LogP contribution in [0.5, 0.6) is 0 Å². The summed E-state index contributed by atoms with van der Waals surface area (Å²) >= 11 is 0. The van der Waals surface area contributed by atoms with Gasteiger partial charge in [0.1, 0.15) is 5.60 Å². The maximum absolute atomic E-state index is 12.1. The third-order valence-electron chi connectivity index (χ3n) is 3.33. The standard InChI is InChI=1S/C17H26N2O3/c1-12(20)19(6)15(11-16(21)22-17(2,3)4)13-7-9-14(18-5)10-8-13/h7-10,15,18H,11H2,1-6H3/t15-/m1/s1. The Bertz CT molecular complexity index is 518. The Hall–Kier alpha value is -2.04. The minimum absolute atomic E-state index is 0.0914. The largest absolute Gasteiger partial charge is 0.460 e. The molecule has 0 spiro atoms. The predicted molar refractivity (Wildman–Crippen MR) is 87.6 cm³/mol. The van der Waals surface area contributed by atoms with Crippen LogP contribution in [0.25, 0.3) is 0 Å². The molecule has 0 radical (unpaired) electrons. The average Bonchev–Trinajstić information content (AvgIpc) is 2.42. The summed E-state index contributed by atoms with van der Waals surface area (Å²) in [5.74, 6) is -0.408. The normalized spacial score (nSPS) is 12.5. The Labute approximate surface area is 132 Å². The van der Waals surface area contributed by atoms with Gasteiger partial charge in [-0.15, -0.1) is 0 Å². The highest BCUT2D eigenvalue weighted by Gasteiger charge is 2.25. The van der Waals surface area contributed by atoms with E-state index in [0.717, 1.165) is 11.3 Å². The van der Waals surface area contributed by atoms with Crippen molar-refractivity contribution in [2.45, 2.75) is 45.8 Å². The number of carbonyl (C=O) groups excluding carboxylic acids is 2. The van der Waals surface area contributed by atoms with E-state index in [2.05, 4.69) is 5.32 Å². The van der Waals surface area contributed by atoms with E-state index in [9.17, 15) is 9.59 Å². The smallest absolute Gasteiger partial charge is 0.308 e. The van der Waals surface area contributed by atoms with Crippen LogP contribution in [0.1, 0.15) is 45.7 Å². The predicted octanol–water partition coefficient (Wildman–Crippen LogP) is 2.98. The van der Waals surface area contributed by atoms with Gasteiger partial charge in [-0.05, 0) is 38.5 Å². The molecule has 22 heavy (non-hydrogen) atoms. The van der Waals surface area contributed by atoms with E-state index in [1.54, 1.807) is 11.9 Å². The van der Waals surface area contributed by atoms with Crippen LogP contribution >= 0.6 is 0 Å². The zero-order valence-electron chi connectivity index (χ0n) is 14.3. The Morgan fingerprint density at radius 1 is 1.23 bits per heavy atom. The number of nitrogens with one attached hydrogen (secondary N) is 1. The van der Waals surface area contributed by atoms with Gasteiger partial charge in [0.2, 0.25) is 5.91 Å². The van der Waals surface area contributed by atoms with E-state index in [4.69, 9.17) is 4.74 Å². The van der Waals surface area contributed by atoms with E-state index in [-0.39, 0.29) is 24.3 Å². The number of esters is 1. The fourth-order valence-corrected chi connectivity index (χ4v) is 2.11. The molecule has 1 aromatic carbocycles. The second-order valence-corrected chi connectivity index (χ2v) is 6.31. The van der Waals surface area contributed by atoms with Gasteiger partial charge in [-0.1, -0.05) is 12.1 Å². The zero-order valence-corrected chi connectivity index (χ0v) is 14.3. The number of nitrogens with zero attached hydrogens (tertiary/aromatic N) is 1. The van der Waals surface area contributed by atoms with Crippen LogP contribution in [-0.4, -0.2) is 36.5 Å². The fraction of sp³-hybridized carbons (Fsp3) is 0.529. The first-order valence-corrected chi connectivity index (χ1v) is 7.37. The minimum atomic E-state index is -0.535. The first-order chi connectivity index (χ1) is 10.1. The SMILES string of the molecule is CNc1ccc([C@@H](CC(=O)OC(C)(C)C)N(C)C(C)=O)cc1. The molecule has 0 aliphatic rings. The summed E-state index contributed by atoms with van der Waals surface area (Å²) in [5.41, 5.74) is 1.35. The average molecular weight is 306 g/mol. The monoisotopic (exact) mass is 306 g/mol. The molecule has 0 bridgehead atoms. The van der Waals surface area contributed by atoms with Crippen molar-refractivity contribution in [3.63, 3.8) is 0 Å². The molecular formula is C17H26N2O3. The lowest BCUT2D eigenvalue weighted by Gasteiger charge is -2.28. The molecule has 5 heteroatoms. The molecule has 1 rings (SSSR count). The van der Waals surface area contributed by atoms with E-state index >= 15 is 0 Å². The maximum atomic E-state index is 12.1. The summed E-state index contributed by atoms with van der Waals surface area (Å²) in [6, 6.07) is 7.34. The van der Waals surface area contributed by atoms with Gasteiger partial charge in [-0.25, -0.2) is 0 Å².